The normalized spacial score (nSPS) is 17.5. The molecule has 0 aromatic heterocycles. The molecule has 6 nitrogen and oxygen atoms in total. The van der Waals surface area contributed by atoms with Crippen molar-refractivity contribution in [2.45, 2.75) is 18.9 Å². The van der Waals surface area contributed by atoms with Gasteiger partial charge in [-0.25, -0.2) is 0 Å². The maximum absolute atomic E-state index is 12.7. The summed E-state index contributed by atoms with van der Waals surface area (Å²) in [5.74, 6) is 1.25. The van der Waals surface area contributed by atoms with Gasteiger partial charge in [0, 0.05) is 19.1 Å². The van der Waals surface area contributed by atoms with E-state index in [1.807, 2.05) is 0 Å². The summed E-state index contributed by atoms with van der Waals surface area (Å²) in [6.45, 7) is 1.28. The lowest BCUT2D eigenvalue weighted by atomic mass is 10.0. The van der Waals surface area contributed by atoms with Crippen LogP contribution in [0, 0.1) is 0 Å². The van der Waals surface area contributed by atoms with Crippen LogP contribution in [0.1, 0.15) is 23.2 Å². The molecule has 1 aliphatic heterocycles. The van der Waals surface area contributed by atoms with Crippen molar-refractivity contribution in [3.63, 3.8) is 0 Å². The van der Waals surface area contributed by atoms with Gasteiger partial charge in [-0.1, -0.05) is 0 Å². The number of nitrogens with zero attached hydrogens (tertiary/aromatic N) is 1. The lowest BCUT2D eigenvalue weighted by molar-refractivity contribution is 0.0704. The van der Waals surface area contributed by atoms with Gasteiger partial charge < -0.3 is 24.8 Å². The van der Waals surface area contributed by atoms with E-state index in [1.54, 1.807) is 24.1 Å². The smallest absolute Gasteiger partial charge is 0.257 e. The van der Waals surface area contributed by atoms with E-state index < -0.39 is 0 Å². The van der Waals surface area contributed by atoms with Gasteiger partial charge in [0.1, 0.15) is 0 Å². The fourth-order valence-corrected chi connectivity index (χ4v) is 2.63. The average Bonchev–Trinajstić information content (AvgIpc) is 2.52. The van der Waals surface area contributed by atoms with Crippen molar-refractivity contribution in [1.29, 1.82) is 0 Å². The number of piperidine rings is 1. The van der Waals surface area contributed by atoms with E-state index in [9.17, 15) is 4.79 Å². The molecule has 1 saturated heterocycles. The Bertz CT molecular complexity index is 525. The van der Waals surface area contributed by atoms with E-state index in [-0.39, 0.29) is 24.4 Å². The highest BCUT2D eigenvalue weighted by molar-refractivity contribution is 5.98. The number of nitrogens with two attached hydrogens (primary N) is 1. The van der Waals surface area contributed by atoms with Crippen molar-refractivity contribution in [1.82, 2.24) is 4.90 Å². The van der Waals surface area contributed by atoms with Crippen LogP contribution in [0.4, 0.5) is 0 Å². The van der Waals surface area contributed by atoms with E-state index >= 15 is 0 Å². The number of hydrogen-bond donors (Lipinski definition) is 1. The highest BCUT2D eigenvalue weighted by Crippen LogP contribution is 2.40. The molecule has 124 valence electrons. The molecule has 0 aliphatic carbocycles. The second-order valence-corrected chi connectivity index (χ2v) is 5.04. The SMILES string of the molecule is COc1ccc(C(=O)N2CCC[C@@H](N)C2)c(OC)c1OC.Cl. The quantitative estimate of drug-likeness (QED) is 0.909. The molecule has 1 atom stereocenters. The number of carbonyl (C=O) groups excluding carboxylic acids is 1. The Morgan fingerprint density at radius 1 is 1.18 bits per heavy atom. The lowest BCUT2D eigenvalue weighted by Gasteiger charge is -2.31. The molecular weight excluding hydrogens is 308 g/mol. The van der Waals surface area contributed by atoms with Gasteiger partial charge in [0.25, 0.3) is 5.91 Å². The largest absolute Gasteiger partial charge is 0.493 e. The fraction of sp³-hybridized carbons (Fsp3) is 0.533. The maximum atomic E-state index is 12.7. The predicted molar refractivity (Wildman–Crippen MR) is 86.5 cm³/mol. The molecule has 1 aromatic rings. The van der Waals surface area contributed by atoms with Crippen molar-refractivity contribution >= 4 is 18.3 Å². The van der Waals surface area contributed by atoms with Gasteiger partial charge in [-0.3, -0.25) is 4.79 Å². The van der Waals surface area contributed by atoms with Crippen LogP contribution in [-0.2, 0) is 0 Å². The van der Waals surface area contributed by atoms with Gasteiger partial charge >= 0.3 is 0 Å². The Morgan fingerprint density at radius 3 is 2.41 bits per heavy atom. The molecule has 0 spiro atoms. The summed E-state index contributed by atoms with van der Waals surface area (Å²) >= 11 is 0. The Morgan fingerprint density at radius 2 is 1.86 bits per heavy atom. The third kappa shape index (κ3) is 3.56. The van der Waals surface area contributed by atoms with Gasteiger partial charge in [-0.2, -0.15) is 0 Å². The molecule has 1 aromatic carbocycles. The summed E-state index contributed by atoms with van der Waals surface area (Å²) in [7, 11) is 4.57. The highest BCUT2D eigenvalue weighted by atomic mass is 35.5. The molecule has 0 saturated carbocycles. The zero-order valence-electron chi connectivity index (χ0n) is 13.1. The number of benzene rings is 1. The monoisotopic (exact) mass is 330 g/mol. The first-order chi connectivity index (χ1) is 10.1. The number of carbonyl (C=O) groups is 1. The van der Waals surface area contributed by atoms with E-state index in [4.69, 9.17) is 19.9 Å². The van der Waals surface area contributed by atoms with E-state index in [2.05, 4.69) is 0 Å². The molecule has 1 amide bonds. The van der Waals surface area contributed by atoms with Gasteiger partial charge in [-0.15, -0.1) is 12.4 Å². The molecule has 0 radical (unpaired) electrons. The third-order valence-electron chi connectivity index (χ3n) is 3.68. The van der Waals surface area contributed by atoms with Crippen LogP contribution in [0.3, 0.4) is 0 Å². The zero-order chi connectivity index (χ0) is 15.4. The van der Waals surface area contributed by atoms with Crippen molar-refractivity contribution in [2.75, 3.05) is 34.4 Å². The van der Waals surface area contributed by atoms with Gasteiger partial charge in [0.15, 0.2) is 11.5 Å². The molecule has 2 N–H and O–H groups in total. The molecule has 1 aliphatic rings. The highest BCUT2D eigenvalue weighted by Gasteiger charge is 2.27. The summed E-state index contributed by atoms with van der Waals surface area (Å²) in [5, 5.41) is 0. The van der Waals surface area contributed by atoms with E-state index in [0.29, 0.717) is 35.9 Å². The molecule has 0 bridgehead atoms. The summed E-state index contributed by atoms with van der Waals surface area (Å²) < 4.78 is 15.9. The fourth-order valence-electron chi connectivity index (χ4n) is 2.63. The summed E-state index contributed by atoms with van der Waals surface area (Å²) in [6.07, 6.45) is 1.87. The molecule has 2 rings (SSSR count). The first kappa shape index (κ1) is 18.4. The Hall–Kier alpha value is -1.66. The van der Waals surface area contributed by atoms with E-state index in [0.717, 1.165) is 12.8 Å². The van der Waals surface area contributed by atoms with Crippen LogP contribution >= 0.6 is 12.4 Å². The Balaban J connectivity index is 0.00000242. The first-order valence-electron chi connectivity index (χ1n) is 6.96. The summed E-state index contributed by atoms with van der Waals surface area (Å²) in [4.78, 5) is 14.4. The molecule has 7 heteroatoms. The number of halogens is 1. The minimum absolute atomic E-state index is 0. The molecule has 1 fully saturated rings. The van der Waals surface area contributed by atoms with Crippen LogP contribution in [-0.4, -0.2) is 51.3 Å². The minimum atomic E-state index is -0.0945. The Kier molecular flexibility index (Phi) is 6.77. The lowest BCUT2D eigenvalue weighted by Crippen LogP contribution is -2.45. The van der Waals surface area contributed by atoms with Gasteiger partial charge in [0.05, 0.1) is 26.9 Å². The molecule has 1 heterocycles. The standard InChI is InChI=1S/C15H22N2O4.ClH/c1-19-12-7-6-11(13(20-2)14(12)21-3)15(18)17-8-4-5-10(16)9-17;/h6-7,10H,4-5,8-9,16H2,1-3H3;1H/t10-;/m1./s1. The van der Waals surface area contributed by atoms with Crippen molar-refractivity contribution < 1.29 is 19.0 Å². The second-order valence-electron chi connectivity index (χ2n) is 5.04. The summed E-state index contributed by atoms with van der Waals surface area (Å²) in [6, 6.07) is 3.44. The first-order valence-corrected chi connectivity index (χ1v) is 6.96. The number of hydrogen-bond acceptors (Lipinski definition) is 5. The number of methoxy groups -OCH3 is 3. The number of rotatable bonds is 4. The predicted octanol–water partition coefficient (Wildman–Crippen LogP) is 1.70. The van der Waals surface area contributed by atoms with E-state index in [1.165, 1.54) is 14.2 Å². The number of amides is 1. The van der Waals surface area contributed by atoms with Crippen molar-refractivity contribution in [3.8, 4) is 17.2 Å². The van der Waals surface area contributed by atoms with Crippen LogP contribution in [0.15, 0.2) is 12.1 Å². The van der Waals surface area contributed by atoms with Gasteiger partial charge in [0.2, 0.25) is 5.75 Å². The molecule has 22 heavy (non-hydrogen) atoms. The van der Waals surface area contributed by atoms with Crippen LogP contribution < -0.4 is 19.9 Å². The van der Waals surface area contributed by atoms with Crippen LogP contribution in [0.2, 0.25) is 0 Å². The maximum Gasteiger partial charge on any atom is 0.257 e. The molecular formula is C15H23ClN2O4. The van der Waals surface area contributed by atoms with Crippen molar-refractivity contribution in [2.24, 2.45) is 5.73 Å². The zero-order valence-corrected chi connectivity index (χ0v) is 13.9. The third-order valence-corrected chi connectivity index (χ3v) is 3.68. The molecule has 0 unspecified atom stereocenters. The Labute approximate surface area is 136 Å². The topological polar surface area (TPSA) is 74.0 Å². The number of ether oxygens (including phenoxy) is 3. The minimum Gasteiger partial charge on any atom is -0.493 e. The van der Waals surface area contributed by atoms with Gasteiger partial charge in [-0.05, 0) is 25.0 Å². The summed E-state index contributed by atoms with van der Waals surface area (Å²) in [5.41, 5.74) is 6.41. The van der Waals surface area contributed by atoms with Crippen molar-refractivity contribution in [3.05, 3.63) is 17.7 Å². The van der Waals surface area contributed by atoms with Crippen LogP contribution in [0.25, 0.3) is 0 Å². The second kappa shape index (κ2) is 8.10. The number of likely N-dealkylation sites (tertiary alicyclic amines) is 1. The van der Waals surface area contributed by atoms with Crippen LogP contribution in [0.5, 0.6) is 17.2 Å². The average molecular weight is 331 g/mol.